The van der Waals surface area contributed by atoms with Crippen LogP contribution in [0.3, 0.4) is 0 Å². The zero-order valence-electron chi connectivity index (χ0n) is 10.7. The van der Waals surface area contributed by atoms with E-state index in [-0.39, 0.29) is 0 Å². The van der Waals surface area contributed by atoms with Gasteiger partial charge >= 0.3 is 0 Å². The highest BCUT2D eigenvalue weighted by Crippen LogP contribution is 2.21. The van der Waals surface area contributed by atoms with Gasteiger partial charge in [-0.05, 0) is 38.9 Å². The number of fused-ring (bicyclic) bond motifs is 1. The average Bonchev–Trinajstić information content (AvgIpc) is 2.70. The van der Waals surface area contributed by atoms with Gasteiger partial charge in [0.15, 0.2) is 0 Å². The molecule has 98 valence electrons. The van der Waals surface area contributed by atoms with Gasteiger partial charge in [0.05, 0.1) is 13.2 Å². The van der Waals surface area contributed by atoms with Crippen molar-refractivity contribution >= 4 is 0 Å². The Morgan fingerprint density at radius 1 is 1.18 bits per heavy atom. The summed E-state index contributed by atoms with van der Waals surface area (Å²) < 4.78 is 5.54. The van der Waals surface area contributed by atoms with E-state index in [9.17, 15) is 0 Å². The van der Waals surface area contributed by atoms with Crippen molar-refractivity contribution in [3.63, 3.8) is 0 Å². The van der Waals surface area contributed by atoms with E-state index in [4.69, 9.17) is 4.74 Å². The quantitative estimate of drug-likeness (QED) is 0.742. The zero-order chi connectivity index (χ0) is 11.5. The largest absolute Gasteiger partial charge is 0.378 e. The minimum Gasteiger partial charge on any atom is -0.378 e. The van der Waals surface area contributed by atoms with Gasteiger partial charge in [-0.25, -0.2) is 0 Å². The normalized spacial score (nSPS) is 36.7. The van der Waals surface area contributed by atoms with E-state index in [2.05, 4.69) is 15.1 Å². The molecule has 3 fully saturated rings. The Morgan fingerprint density at radius 3 is 3.00 bits per heavy atom. The van der Waals surface area contributed by atoms with Gasteiger partial charge in [0.2, 0.25) is 0 Å². The molecule has 0 aromatic carbocycles. The highest BCUT2D eigenvalue weighted by atomic mass is 16.5. The molecule has 4 nitrogen and oxygen atoms in total. The summed E-state index contributed by atoms with van der Waals surface area (Å²) in [7, 11) is 0. The molecule has 0 aromatic rings. The second kappa shape index (κ2) is 5.65. The minimum atomic E-state index is 0.553. The highest BCUT2D eigenvalue weighted by Gasteiger charge is 2.29. The molecule has 3 heterocycles. The fraction of sp³-hybridized carbons (Fsp3) is 1.00. The molecular formula is C13H25N3O. The Labute approximate surface area is 104 Å². The van der Waals surface area contributed by atoms with Crippen LogP contribution in [-0.4, -0.2) is 74.4 Å². The molecule has 0 aromatic heterocycles. The van der Waals surface area contributed by atoms with E-state index in [0.717, 1.165) is 25.8 Å². The molecule has 2 unspecified atom stereocenters. The molecular weight excluding hydrogens is 214 g/mol. The third kappa shape index (κ3) is 2.99. The molecule has 3 aliphatic heterocycles. The number of nitrogens with zero attached hydrogens (tertiary/aromatic N) is 2. The third-order valence-electron chi connectivity index (χ3n) is 4.36. The van der Waals surface area contributed by atoms with Gasteiger partial charge in [0.1, 0.15) is 0 Å². The summed E-state index contributed by atoms with van der Waals surface area (Å²) in [5, 5.41) is 3.57. The molecule has 3 aliphatic rings. The molecule has 0 spiro atoms. The number of hydrogen-bond donors (Lipinski definition) is 1. The number of hydrogen-bond acceptors (Lipinski definition) is 4. The van der Waals surface area contributed by atoms with Gasteiger partial charge in [-0.2, -0.15) is 0 Å². The first kappa shape index (κ1) is 11.9. The summed E-state index contributed by atoms with van der Waals surface area (Å²) in [5.74, 6) is 0. The molecule has 2 atom stereocenters. The number of rotatable bonds is 2. The standard InChI is InChI=1S/C13H25N3O/c1-3-13-10-15(5-2-7-16(13)6-1)9-12-11-17-8-4-14-12/h12-14H,1-11H2. The van der Waals surface area contributed by atoms with Crippen LogP contribution in [0.2, 0.25) is 0 Å². The minimum absolute atomic E-state index is 0.553. The van der Waals surface area contributed by atoms with E-state index in [1.807, 2.05) is 0 Å². The van der Waals surface area contributed by atoms with Crippen molar-refractivity contribution in [2.75, 3.05) is 52.5 Å². The monoisotopic (exact) mass is 239 g/mol. The Kier molecular flexibility index (Phi) is 3.96. The summed E-state index contributed by atoms with van der Waals surface area (Å²) in [4.78, 5) is 5.35. The van der Waals surface area contributed by atoms with E-state index >= 15 is 0 Å². The summed E-state index contributed by atoms with van der Waals surface area (Å²) >= 11 is 0. The predicted octanol–water partition coefficient (Wildman–Crippen LogP) is 0.145. The molecule has 0 radical (unpaired) electrons. The Bertz CT molecular complexity index is 243. The predicted molar refractivity (Wildman–Crippen MR) is 68.3 cm³/mol. The summed E-state index contributed by atoms with van der Waals surface area (Å²) in [6.07, 6.45) is 4.15. The lowest BCUT2D eigenvalue weighted by Gasteiger charge is -2.31. The highest BCUT2D eigenvalue weighted by molar-refractivity contribution is 4.86. The maximum absolute atomic E-state index is 5.54. The molecule has 3 rings (SSSR count). The first-order chi connectivity index (χ1) is 8.42. The van der Waals surface area contributed by atoms with Crippen LogP contribution < -0.4 is 5.32 Å². The maximum atomic E-state index is 5.54. The van der Waals surface area contributed by atoms with Crippen LogP contribution >= 0.6 is 0 Å². The second-order valence-corrected chi connectivity index (χ2v) is 5.67. The van der Waals surface area contributed by atoms with Crippen LogP contribution in [-0.2, 0) is 4.74 Å². The van der Waals surface area contributed by atoms with Crippen molar-refractivity contribution in [1.29, 1.82) is 0 Å². The van der Waals surface area contributed by atoms with Crippen LogP contribution in [0.25, 0.3) is 0 Å². The number of nitrogens with one attached hydrogen (secondary N) is 1. The van der Waals surface area contributed by atoms with E-state index in [1.54, 1.807) is 0 Å². The third-order valence-corrected chi connectivity index (χ3v) is 4.36. The molecule has 0 amide bonds. The van der Waals surface area contributed by atoms with Crippen molar-refractivity contribution < 1.29 is 4.74 Å². The van der Waals surface area contributed by atoms with Gasteiger partial charge in [0.25, 0.3) is 0 Å². The molecule has 1 N–H and O–H groups in total. The maximum Gasteiger partial charge on any atom is 0.0632 e. The first-order valence-electron chi connectivity index (χ1n) is 7.19. The van der Waals surface area contributed by atoms with Gasteiger partial charge < -0.3 is 15.0 Å². The Balaban J connectivity index is 1.52. The molecule has 0 saturated carbocycles. The van der Waals surface area contributed by atoms with Crippen LogP contribution in [0.15, 0.2) is 0 Å². The SMILES string of the molecule is C1CC2CN(CC3COCCN3)CCCN2C1. The lowest BCUT2D eigenvalue weighted by Crippen LogP contribution is -2.49. The van der Waals surface area contributed by atoms with Crippen LogP contribution in [0, 0.1) is 0 Å². The van der Waals surface area contributed by atoms with Crippen LogP contribution in [0.4, 0.5) is 0 Å². The van der Waals surface area contributed by atoms with E-state index in [1.165, 1.54) is 52.0 Å². The molecule has 3 saturated heterocycles. The number of ether oxygens (including phenoxy) is 1. The fourth-order valence-electron chi connectivity index (χ4n) is 3.50. The Hall–Kier alpha value is -0.160. The molecule has 17 heavy (non-hydrogen) atoms. The van der Waals surface area contributed by atoms with Crippen LogP contribution in [0.5, 0.6) is 0 Å². The smallest absolute Gasteiger partial charge is 0.0632 e. The summed E-state index contributed by atoms with van der Waals surface area (Å²) in [6, 6.07) is 1.39. The summed E-state index contributed by atoms with van der Waals surface area (Å²) in [5.41, 5.74) is 0. The molecule has 0 bridgehead atoms. The summed E-state index contributed by atoms with van der Waals surface area (Å²) in [6.45, 7) is 9.17. The molecule has 4 heteroatoms. The van der Waals surface area contributed by atoms with Crippen molar-refractivity contribution in [2.45, 2.75) is 31.3 Å². The van der Waals surface area contributed by atoms with Crippen molar-refractivity contribution in [1.82, 2.24) is 15.1 Å². The van der Waals surface area contributed by atoms with E-state index in [0.29, 0.717) is 6.04 Å². The van der Waals surface area contributed by atoms with Gasteiger partial charge in [-0.3, -0.25) is 4.90 Å². The first-order valence-corrected chi connectivity index (χ1v) is 7.19. The van der Waals surface area contributed by atoms with Gasteiger partial charge in [-0.1, -0.05) is 0 Å². The van der Waals surface area contributed by atoms with E-state index < -0.39 is 0 Å². The Morgan fingerprint density at radius 2 is 2.12 bits per heavy atom. The topological polar surface area (TPSA) is 27.7 Å². The van der Waals surface area contributed by atoms with Crippen molar-refractivity contribution in [3.05, 3.63) is 0 Å². The van der Waals surface area contributed by atoms with Gasteiger partial charge in [0, 0.05) is 31.7 Å². The lowest BCUT2D eigenvalue weighted by molar-refractivity contribution is 0.0608. The van der Waals surface area contributed by atoms with Crippen LogP contribution in [0.1, 0.15) is 19.3 Å². The lowest BCUT2D eigenvalue weighted by atomic mass is 10.2. The number of morpholine rings is 1. The second-order valence-electron chi connectivity index (χ2n) is 5.67. The van der Waals surface area contributed by atoms with Crippen molar-refractivity contribution in [3.8, 4) is 0 Å². The van der Waals surface area contributed by atoms with Gasteiger partial charge in [-0.15, -0.1) is 0 Å². The fourth-order valence-corrected chi connectivity index (χ4v) is 3.50. The zero-order valence-corrected chi connectivity index (χ0v) is 10.7. The average molecular weight is 239 g/mol. The molecule has 0 aliphatic carbocycles. The van der Waals surface area contributed by atoms with Crippen molar-refractivity contribution in [2.24, 2.45) is 0 Å².